The number of likely N-dealkylation sites (tertiary alicyclic amines) is 1. The van der Waals surface area contributed by atoms with E-state index < -0.39 is 5.82 Å². The van der Waals surface area contributed by atoms with Crippen molar-refractivity contribution in [3.63, 3.8) is 0 Å². The van der Waals surface area contributed by atoms with Crippen molar-refractivity contribution in [2.45, 2.75) is 45.6 Å². The molecule has 2 amide bonds. The number of amides is 2. The highest BCUT2D eigenvalue weighted by Crippen LogP contribution is 2.39. The fourth-order valence-electron chi connectivity index (χ4n) is 5.12. The van der Waals surface area contributed by atoms with E-state index in [1.54, 1.807) is 23.1 Å². The predicted molar refractivity (Wildman–Crippen MR) is 130 cm³/mol. The molecule has 1 N–H and O–H groups in total. The van der Waals surface area contributed by atoms with Crippen molar-refractivity contribution in [2.75, 3.05) is 19.6 Å². The van der Waals surface area contributed by atoms with Crippen LogP contribution in [0.4, 0.5) is 4.39 Å². The number of benzene rings is 1. The van der Waals surface area contributed by atoms with Gasteiger partial charge in [-0.15, -0.1) is 0 Å². The van der Waals surface area contributed by atoms with Crippen LogP contribution >= 0.6 is 11.6 Å². The van der Waals surface area contributed by atoms with E-state index >= 15 is 0 Å². The average Bonchev–Trinajstić information content (AvgIpc) is 3.36. The molecule has 0 bridgehead atoms. The largest absolute Gasteiger partial charge is 0.356 e. The first-order valence-corrected chi connectivity index (χ1v) is 12.0. The minimum Gasteiger partial charge on any atom is -0.356 e. The molecule has 0 aliphatic carbocycles. The summed E-state index contributed by atoms with van der Waals surface area (Å²) in [7, 11) is 0. The number of hydrogen-bond donors (Lipinski definition) is 1. The molecule has 6 nitrogen and oxygen atoms in total. The molecular weight excluding hydrogens is 455 g/mol. The quantitative estimate of drug-likeness (QED) is 0.559. The molecule has 34 heavy (non-hydrogen) atoms. The van der Waals surface area contributed by atoms with Gasteiger partial charge in [0.2, 0.25) is 5.91 Å². The molecule has 2 aliphatic heterocycles. The smallest absolute Gasteiger partial charge is 0.272 e. The number of aromatic nitrogens is 2. The van der Waals surface area contributed by atoms with Crippen LogP contribution in [0.15, 0.2) is 36.5 Å². The van der Waals surface area contributed by atoms with E-state index in [1.807, 2.05) is 16.8 Å². The Balaban J connectivity index is 1.49. The van der Waals surface area contributed by atoms with Gasteiger partial charge >= 0.3 is 0 Å². The van der Waals surface area contributed by atoms with Crippen LogP contribution in [-0.4, -0.2) is 45.9 Å². The summed E-state index contributed by atoms with van der Waals surface area (Å²) in [4.78, 5) is 32.2. The third-order valence-electron chi connectivity index (χ3n) is 7.20. The first kappa shape index (κ1) is 22.8. The number of nitrogens with one attached hydrogen (secondary N) is 1. The summed E-state index contributed by atoms with van der Waals surface area (Å²) in [6.45, 7) is 7.99. The number of halogens is 2. The maximum Gasteiger partial charge on any atom is 0.272 e. The van der Waals surface area contributed by atoms with Gasteiger partial charge in [0.05, 0.1) is 10.4 Å². The highest BCUT2D eigenvalue weighted by atomic mass is 35.5. The number of pyridine rings is 1. The Hall–Kier alpha value is -2.93. The molecule has 2 fully saturated rings. The van der Waals surface area contributed by atoms with Crippen molar-refractivity contribution in [2.24, 2.45) is 5.41 Å². The zero-order chi connectivity index (χ0) is 24.3. The van der Waals surface area contributed by atoms with Gasteiger partial charge in [-0.1, -0.05) is 17.7 Å². The fraction of sp³-hybridized carbons (Fsp3) is 0.423. The molecule has 0 radical (unpaired) electrons. The van der Waals surface area contributed by atoms with Crippen molar-refractivity contribution in [3.8, 4) is 11.1 Å². The maximum absolute atomic E-state index is 14.2. The molecule has 2 saturated heterocycles. The first-order chi connectivity index (χ1) is 16.1. The summed E-state index contributed by atoms with van der Waals surface area (Å²) in [5.74, 6) is -0.487. The topological polar surface area (TPSA) is 67.2 Å². The van der Waals surface area contributed by atoms with Crippen molar-refractivity contribution in [3.05, 3.63) is 53.1 Å². The highest BCUT2D eigenvalue weighted by Gasteiger charge is 2.45. The molecule has 0 unspecified atom stereocenters. The lowest BCUT2D eigenvalue weighted by molar-refractivity contribution is -0.129. The Kier molecular flexibility index (Phi) is 5.43. The van der Waals surface area contributed by atoms with Crippen LogP contribution in [0.5, 0.6) is 0 Å². The van der Waals surface area contributed by atoms with Gasteiger partial charge in [0.25, 0.3) is 5.91 Å². The molecule has 1 aromatic carbocycles. The number of hydrogen-bond acceptors (Lipinski definition) is 3. The molecule has 3 aromatic rings. The van der Waals surface area contributed by atoms with Crippen molar-refractivity contribution < 1.29 is 14.0 Å². The fourth-order valence-corrected chi connectivity index (χ4v) is 5.24. The third kappa shape index (κ3) is 3.76. The summed E-state index contributed by atoms with van der Waals surface area (Å²) in [6, 6.07) is 8.38. The molecule has 5 rings (SSSR count). The van der Waals surface area contributed by atoms with Gasteiger partial charge in [-0.3, -0.25) is 9.59 Å². The van der Waals surface area contributed by atoms with Gasteiger partial charge < -0.3 is 14.8 Å². The van der Waals surface area contributed by atoms with E-state index in [2.05, 4.69) is 26.1 Å². The van der Waals surface area contributed by atoms with Crippen molar-refractivity contribution in [1.82, 2.24) is 19.8 Å². The van der Waals surface area contributed by atoms with Crippen LogP contribution < -0.4 is 5.32 Å². The van der Waals surface area contributed by atoms with Crippen molar-refractivity contribution in [1.29, 1.82) is 0 Å². The predicted octanol–water partition coefficient (Wildman–Crippen LogP) is 4.99. The summed E-state index contributed by atoms with van der Waals surface area (Å²) < 4.78 is 16.2. The number of piperidine rings is 1. The lowest BCUT2D eigenvalue weighted by Crippen LogP contribution is -2.46. The van der Waals surface area contributed by atoms with E-state index in [4.69, 9.17) is 16.6 Å². The molecule has 2 aliphatic rings. The van der Waals surface area contributed by atoms with E-state index in [0.717, 1.165) is 17.4 Å². The number of nitrogens with zero attached hydrogens (tertiary/aromatic N) is 3. The Bertz CT molecular complexity index is 1300. The SMILES string of the molecule is CC(C)(C)n1cc(-c2ccc(Cl)c(F)c2)c2ccc(C(=O)N3CCC4(CCNC4=O)CC3)nc21. The lowest BCUT2D eigenvalue weighted by Gasteiger charge is -2.37. The van der Waals surface area contributed by atoms with Gasteiger partial charge in [0.15, 0.2) is 0 Å². The second-order valence-electron chi connectivity index (χ2n) is 10.4. The van der Waals surface area contributed by atoms with Gasteiger partial charge in [-0.25, -0.2) is 9.37 Å². The Labute approximate surface area is 203 Å². The summed E-state index contributed by atoms with van der Waals surface area (Å²) in [5.41, 5.74) is 1.96. The number of carbonyl (C=O) groups is 2. The molecule has 8 heteroatoms. The number of rotatable bonds is 2. The summed E-state index contributed by atoms with van der Waals surface area (Å²) in [5, 5.41) is 3.85. The van der Waals surface area contributed by atoms with Crippen LogP contribution in [0.25, 0.3) is 22.2 Å². The molecule has 0 atom stereocenters. The second kappa shape index (κ2) is 8.08. The Morgan fingerprint density at radius 2 is 1.88 bits per heavy atom. The van der Waals surface area contributed by atoms with Crippen LogP contribution in [-0.2, 0) is 10.3 Å². The molecule has 178 valence electrons. The minimum atomic E-state index is -0.477. The van der Waals surface area contributed by atoms with Crippen LogP contribution in [0.2, 0.25) is 5.02 Å². The Morgan fingerprint density at radius 3 is 2.50 bits per heavy atom. The molecule has 0 saturated carbocycles. The molecular formula is C26H28ClFN4O2. The molecule has 1 spiro atoms. The van der Waals surface area contributed by atoms with Gasteiger partial charge in [-0.05, 0) is 69.9 Å². The molecule has 2 aromatic heterocycles. The van der Waals surface area contributed by atoms with Crippen LogP contribution in [0.3, 0.4) is 0 Å². The standard InChI is InChI=1S/C26H28ClFN4O2/c1-25(2,3)32-15-18(16-4-6-19(27)20(28)14-16)17-5-7-21(30-22(17)32)23(33)31-12-9-26(10-13-31)8-11-29-24(26)34/h4-7,14-15H,8-13H2,1-3H3,(H,29,34). The normalized spacial score (nSPS) is 18.0. The third-order valence-corrected chi connectivity index (χ3v) is 7.51. The van der Waals surface area contributed by atoms with E-state index in [1.165, 1.54) is 6.07 Å². The minimum absolute atomic E-state index is 0.0766. The molecule has 4 heterocycles. The zero-order valence-corrected chi connectivity index (χ0v) is 20.4. The van der Waals surface area contributed by atoms with E-state index in [9.17, 15) is 14.0 Å². The van der Waals surface area contributed by atoms with Crippen LogP contribution in [0.1, 0.15) is 50.5 Å². The highest BCUT2D eigenvalue weighted by molar-refractivity contribution is 6.30. The zero-order valence-electron chi connectivity index (χ0n) is 19.6. The van der Waals surface area contributed by atoms with E-state index in [0.29, 0.717) is 49.4 Å². The maximum atomic E-state index is 14.2. The monoisotopic (exact) mass is 482 g/mol. The van der Waals surface area contributed by atoms with Gasteiger partial charge in [0, 0.05) is 42.3 Å². The van der Waals surface area contributed by atoms with E-state index in [-0.39, 0.29) is 27.8 Å². The first-order valence-electron chi connectivity index (χ1n) is 11.6. The van der Waals surface area contributed by atoms with Crippen LogP contribution in [0, 0.1) is 11.2 Å². The lowest BCUT2D eigenvalue weighted by atomic mass is 9.77. The number of carbonyl (C=O) groups excluding carboxylic acids is 2. The van der Waals surface area contributed by atoms with Gasteiger partial charge in [0.1, 0.15) is 17.2 Å². The second-order valence-corrected chi connectivity index (χ2v) is 10.8. The number of fused-ring (bicyclic) bond motifs is 1. The Morgan fingerprint density at radius 1 is 1.15 bits per heavy atom. The van der Waals surface area contributed by atoms with Crippen molar-refractivity contribution >= 4 is 34.4 Å². The summed E-state index contributed by atoms with van der Waals surface area (Å²) >= 11 is 5.88. The summed E-state index contributed by atoms with van der Waals surface area (Å²) in [6.07, 6.45) is 4.15. The van der Waals surface area contributed by atoms with Gasteiger partial charge in [-0.2, -0.15) is 0 Å². The average molecular weight is 483 g/mol.